The first kappa shape index (κ1) is 23.4. The van der Waals surface area contributed by atoms with Crippen molar-refractivity contribution >= 4 is 35.1 Å². The zero-order valence-corrected chi connectivity index (χ0v) is 18.7. The van der Waals surface area contributed by atoms with Gasteiger partial charge in [-0.25, -0.2) is 0 Å². The third kappa shape index (κ3) is 6.60. The lowest BCUT2D eigenvalue weighted by atomic mass is 10.2. The van der Waals surface area contributed by atoms with Crippen molar-refractivity contribution in [2.75, 3.05) is 6.61 Å². The molecule has 0 atom stereocenters. The molecule has 0 amide bonds. The number of ether oxygens (including phenoxy) is 2. The first-order chi connectivity index (χ1) is 15.5. The van der Waals surface area contributed by atoms with Gasteiger partial charge in [0.25, 0.3) is 5.69 Å². The average molecular weight is 475 g/mol. The number of nitro benzene ring substituents is 1. The Morgan fingerprint density at radius 2 is 1.75 bits per heavy atom. The highest BCUT2D eigenvalue weighted by Crippen LogP contribution is 2.30. The van der Waals surface area contributed by atoms with Crippen LogP contribution >= 0.6 is 23.2 Å². The Hall–Kier alpha value is -3.29. The van der Waals surface area contributed by atoms with E-state index in [-0.39, 0.29) is 12.3 Å². The van der Waals surface area contributed by atoms with Crippen LogP contribution in [-0.4, -0.2) is 17.7 Å². The molecule has 7 nitrogen and oxygen atoms in total. The molecule has 9 heteroatoms. The fraction of sp³-hybridized carbons (Fsp3) is 0.174. The summed E-state index contributed by atoms with van der Waals surface area (Å²) in [6, 6.07) is 16.9. The van der Waals surface area contributed by atoms with Crippen LogP contribution in [0.4, 0.5) is 5.69 Å². The van der Waals surface area contributed by atoms with Gasteiger partial charge in [-0.1, -0.05) is 46.6 Å². The number of nitrogens with zero attached hydrogens (tertiary/aromatic N) is 2. The van der Waals surface area contributed by atoms with E-state index in [9.17, 15) is 10.1 Å². The molecule has 0 radical (unpaired) electrons. The Bertz CT molecular complexity index is 1120. The molecule has 0 fully saturated rings. The molecule has 0 unspecified atom stereocenters. The van der Waals surface area contributed by atoms with Crippen molar-refractivity contribution < 1.29 is 19.2 Å². The highest BCUT2D eigenvalue weighted by Gasteiger charge is 2.08. The molecule has 0 saturated heterocycles. The molecular weight excluding hydrogens is 455 g/mol. The van der Waals surface area contributed by atoms with Gasteiger partial charge in [0.2, 0.25) is 0 Å². The molecular formula is C23H20Cl2N2O5. The van der Waals surface area contributed by atoms with E-state index in [2.05, 4.69) is 5.16 Å². The summed E-state index contributed by atoms with van der Waals surface area (Å²) in [4.78, 5) is 15.7. The third-order valence-corrected chi connectivity index (χ3v) is 5.01. The Morgan fingerprint density at radius 3 is 2.50 bits per heavy atom. The van der Waals surface area contributed by atoms with Crippen molar-refractivity contribution in [1.82, 2.24) is 0 Å². The maximum absolute atomic E-state index is 10.8. The molecule has 3 aromatic rings. The van der Waals surface area contributed by atoms with Crippen molar-refractivity contribution in [1.29, 1.82) is 0 Å². The van der Waals surface area contributed by atoms with Gasteiger partial charge in [-0.3, -0.25) is 10.1 Å². The van der Waals surface area contributed by atoms with Crippen LogP contribution in [0.15, 0.2) is 65.8 Å². The predicted molar refractivity (Wildman–Crippen MR) is 124 cm³/mol. The van der Waals surface area contributed by atoms with Crippen molar-refractivity contribution in [3.8, 4) is 11.5 Å². The fourth-order valence-corrected chi connectivity index (χ4v) is 3.07. The first-order valence-corrected chi connectivity index (χ1v) is 10.4. The van der Waals surface area contributed by atoms with Crippen LogP contribution in [0.5, 0.6) is 11.5 Å². The Morgan fingerprint density at radius 1 is 0.938 bits per heavy atom. The third-order valence-electron chi connectivity index (χ3n) is 4.27. The topological polar surface area (TPSA) is 83.2 Å². The second kappa shape index (κ2) is 11.4. The Balaban J connectivity index is 1.62. The second-order valence-corrected chi connectivity index (χ2v) is 7.43. The molecule has 0 aliphatic heterocycles. The SMILES string of the molecule is CCOc1cc(/C=N\OCc2cccc([N+](=O)[O-])c2)ccc1OCc1ccc(Cl)c(Cl)c1. The van der Waals surface area contributed by atoms with Crippen molar-refractivity contribution in [3.63, 3.8) is 0 Å². The Labute approximate surface area is 195 Å². The largest absolute Gasteiger partial charge is 0.490 e. The maximum Gasteiger partial charge on any atom is 0.269 e. The molecule has 32 heavy (non-hydrogen) atoms. The van der Waals surface area contributed by atoms with Crippen molar-refractivity contribution in [2.24, 2.45) is 5.16 Å². The van der Waals surface area contributed by atoms with Crippen molar-refractivity contribution in [2.45, 2.75) is 20.1 Å². The van der Waals surface area contributed by atoms with E-state index in [1.165, 1.54) is 18.3 Å². The minimum Gasteiger partial charge on any atom is -0.490 e. The van der Waals surface area contributed by atoms with Gasteiger partial charge in [0.15, 0.2) is 11.5 Å². The summed E-state index contributed by atoms with van der Waals surface area (Å²) in [5.41, 5.74) is 2.28. The lowest BCUT2D eigenvalue weighted by Crippen LogP contribution is -2.00. The molecule has 166 valence electrons. The smallest absolute Gasteiger partial charge is 0.269 e. The number of non-ortho nitro benzene ring substituents is 1. The molecule has 0 aliphatic carbocycles. The maximum atomic E-state index is 10.8. The van der Waals surface area contributed by atoms with Crippen LogP contribution in [0.3, 0.4) is 0 Å². The quantitative estimate of drug-likeness (QED) is 0.192. The van der Waals surface area contributed by atoms with E-state index in [0.717, 1.165) is 11.1 Å². The van der Waals surface area contributed by atoms with Gasteiger partial charge in [-0.05, 0) is 48.4 Å². The first-order valence-electron chi connectivity index (χ1n) is 9.68. The van der Waals surface area contributed by atoms with Gasteiger partial charge in [0, 0.05) is 17.7 Å². The van der Waals surface area contributed by atoms with Crippen LogP contribution in [0, 0.1) is 10.1 Å². The van der Waals surface area contributed by atoms with E-state index in [1.807, 2.05) is 19.1 Å². The number of hydrogen-bond donors (Lipinski definition) is 0. The summed E-state index contributed by atoms with van der Waals surface area (Å²) in [7, 11) is 0. The number of halogens is 2. The number of oxime groups is 1. The molecule has 0 N–H and O–H groups in total. The molecule has 0 aromatic heterocycles. The highest BCUT2D eigenvalue weighted by molar-refractivity contribution is 6.42. The lowest BCUT2D eigenvalue weighted by molar-refractivity contribution is -0.384. The summed E-state index contributed by atoms with van der Waals surface area (Å²) >= 11 is 12.0. The van der Waals surface area contributed by atoms with E-state index in [4.69, 9.17) is 37.5 Å². The van der Waals surface area contributed by atoms with Gasteiger partial charge in [0.1, 0.15) is 13.2 Å². The molecule has 0 bridgehead atoms. The second-order valence-electron chi connectivity index (χ2n) is 6.61. The zero-order chi connectivity index (χ0) is 22.9. The van der Waals surface area contributed by atoms with Crippen LogP contribution in [0.25, 0.3) is 0 Å². The molecule has 3 aromatic carbocycles. The van der Waals surface area contributed by atoms with Gasteiger partial charge in [-0.15, -0.1) is 0 Å². The van der Waals surface area contributed by atoms with Crippen LogP contribution in [0.2, 0.25) is 10.0 Å². The number of benzene rings is 3. The van der Waals surface area contributed by atoms with E-state index in [0.29, 0.717) is 40.3 Å². The van der Waals surface area contributed by atoms with Crippen LogP contribution in [0.1, 0.15) is 23.6 Å². The van der Waals surface area contributed by atoms with Gasteiger partial charge in [-0.2, -0.15) is 0 Å². The minimum absolute atomic E-state index is 0.00731. The molecule has 0 saturated carbocycles. The van der Waals surface area contributed by atoms with E-state index >= 15 is 0 Å². The lowest BCUT2D eigenvalue weighted by Gasteiger charge is -2.13. The van der Waals surface area contributed by atoms with Gasteiger partial charge >= 0.3 is 0 Å². The monoisotopic (exact) mass is 474 g/mol. The standard InChI is InChI=1S/C23H20Cl2N2O5/c1-2-30-23-12-16(13-26-32-15-17-4-3-5-19(10-17)27(28)29)7-9-22(23)31-14-18-6-8-20(24)21(25)11-18/h3-13H,2,14-15H2,1H3/b26-13-. The zero-order valence-electron chi connectivity index (χ0n) is 17.2. The summed E-state index contributed by atoms with van der Waals surface area (Å²) in [6.45, 7) is 2.76. The summed E-state index contributed by atoms with van der Waals surface area (Å²) in [5.74, 6) is 1.14. The van der Waals surface area contributed by atoms with E-state index < -0.39 is 4.92 Å². The van der Waals surface area contributed by atoms with Crippen LogP contribution in [-0.2, 0) is 18.1 Å². The number of rotatable bonds is 10. The normalized spacial score (nSPS) is 10.8. The summed E-state index contributed by atoms with van der Waals surface area (Å²) in [5, 5.41) is 15.7. The number of nitro groups is 1. The van der Waals surface area contributed by atoms with Gasteiger partial charge < -0.3 is 14.3 Å². The number of hydrogen-bond acceptors (Lipinski definition) is 6. The van der Waals surface area contributed by atoms with Crippen molar-refractivity contribution in [3.05, 3.63) is 97.5 Å². The molecule has 3 rings (SSSR count). The minimum atomic E-state index is -0.451. The average Bonchev–Trinajstić information content (AvgIpc) is 2.79. The highest BCUT2D eigenvalue weighted by atomic mass is 35.5. The Kier molecular flexibility index (Phi) is 8.30. The molecule has 0 heterocycles. The van der Waals surface area contributed by atoms with E-state index in [1.54, 1.807) is 36.4 Å². The molecule has 0 aliphatic rings. The van der Waals surface area contributed by atoms with Gasteiger partial charge in [0.05, 0.1) is 27.8 Å². The molecule has 0 spiro atoms. The summed E-state index contributed by atoms with van der Waals surface area (Å²) < 4.78 is 11.6. The predicted octanol–water partition coefficient (Wildman–Crippen LogP) is 6.43. The van der Waals surface area contributed by atoms with Crippen LogP contribution < -0.4 is 9.47 Å². The fourth-order valence-electron chi connectivity index (χ4n) is 2.75. The summed E-state index contributed by atoms with van der Waals surface area (Å²) in [6.07, 6.45) is 1.53.